The zero-order valence-corrected chi connectivity index (χ0v) is 13.0. The molecule has 1 amide bonds. The minimum atomic E-state index is 0.0496. The second-order valence-corrected chi connectivity index (χ2v) is 6.13. The maximum absolute atomic E-state index is 11.7. The van der Waals surface area contributed by atoms with Gasteiger partial charge in [-0.1, -0.05) is 15.9 Å². The monoisotopic (exact) mass is 338 g/mol. The summed E-state index contributed by atoms with van der Waals surface area (Å²) in [6.07, 6.45) is 3.73. The Morgan fingerprint density at radius 1 is 1.42 bits per heavy atom. The Kier molecular flexibility index (Phi) is 5.10. The van der Waals surface area contributed by atoms with Crippen molar-refractivity contribution in [2.75, 3.05) is 5.75 Å². The van der Waals surface area contributed by atoms with Crippen LogP contribution in [0.15, 0.2) is 46.0 Å². The minimum Gasteiger partial charge on any atom is -0.367 e. The molecular weight excluding hydrogens is 324 g/mol. The van der Waals surface area contributed by atoms with Crippen molar-refractivity contribution in [1.29, 1.82) is 0 Å². The van der Waals surface area contributed by atoms with E-state index in [1.807, 2.05) is 37.5 Å². The summed E-state index contributed by atoms with van der Waals surface area (Å²) in [6, 6.07) is 8.03. The summed E-state index contributed by atoms with van der Waals surface area (Å²) >= 11 is 4.99. The number of aromatic nitrogens is 1. The third-order valence-corrected chi connectivity index (χ3v) is 4.32. The maximum atomic E-state index is 11.7. The molecule has 0 unspecified atom stereocenters. The first kappa shape index (κ1) is 14.2. The van der Waals surface area contributed by atoms with Gasteiger partial charge in [-0.2, -0.15) is 0 Å². The Morgan fingerprint density at radius 3 is 2.95 bits per heavy atom. The van der Waals surface area contributed by atoms with Gasteiger partial charge in [-0.3, -0.25) is 4.79 Å². The SMILES string of the molecule is Cc1cc(Br)ccc1SCC(=O)NCc1cc[nH]c1. The van der Waals surface area contributed by atoms with Crippen molar-refractivity contribution in [3.63, 3.8) is 0 Å². The van der Waals surface area contributed by atoms with Gasteiger partial charge in [0.25, 0.3) is 0 Å². The number of carbonyl (C=O) groups is 1. The minimum absolute atomic E-state index is 0.0496. The van der Waals surface area contributed by atoms with E-state index in [4.69, 9.17) is 0 Å². The van der Waals surface area contributed by atoms with Crippen LogP contribution in [0.3, 0.4) is 0 Å². The summed E-state index contributed by atoms with van der Waals surface area (Å²) in [5.41, 5.74) is 2.26. The fraction of sp³-hybridized carbons (Fsp3) is 0.214. The first-order chi connectivity index (χ1) is 9.15. The predicted molar refractivity (Wildman–Crippen MR) is 82.2 cm³/mol. The van der Waals surface area contributed by atoms with Crippen molar-refractivity contribution in [2.24, 2.45) is 0 Å². The van der Waals surface area contributed by atoms with Crippen LogP contribution >= 0.6 is 27.7 Å². The highest BCUT2D eigenvalue weighted by atomic mass is 79.9. The molecule has 2 aromatic rings. The van der Waals surface area contributed by atoms with Gasteiger partial charge in [0.05, 0.1) is 5.75 Å². The lowest BCUT2D eigenvalue weighted by molar-refractivity contribution is -0.118. The molecular formula is C14H15BrN2OS. The normalized spacial score (nSPS) is 10.4. The largest absolute Gasteiger partial charge is 0.367 e. The number of hydrogen-bond acceptors (Lipinski definition) is 2. The summed E-state index contributed by atoms with van der Waals surface area (Å²) < 4.78 is 1.06. The second-order valence-electron chi connectivity index (χ2n) is 4.19. The summed E-state index contributed by atoms with van der Waals surface area (Å²) in [5.74, 6) is 0.487. The number of nitrogens with one attached hydrogen (secondary N) is 2. The highest BCUT2D eigenvalue weighted by Gasteiger charge is 2.05. The Morgan fingerprint density at radius 2 is 2.26 bits per heavy atom. The van der Waals surface area contributed by atoms with Crippen LogP contribution in [0, 0.1) is 6.92 Å². The van der Waals surface area contributed by atoms with Gasteiger partial charge >= 0.3 is 0 Å². The van der Waals surface area contributed by atoms with E-state index in [9.17, 15) is 4.79 Å². The first-order valence-electron chi connectivity index (χ1n) is 5.92. The summed E-state index contributed by atoms with van der Waals surface area (Å²) in [6.45, 7) is 2.62. The van der Waals surface area contributed by atoms with Gasteiger partial charge in [-0.05, 0) is 42.3 Å². The Labute approximate surface area is 125 Å². The number of hydrogen-bond donors (Lipinski definition) is 2. The summed E-state index contributed by atoms with van der Waals surface area (Å²) in [4.78, 5) is 15.8. The van der Waals surface area contributed by atoms with E-state index in [0.29, 0.717) is 12.3 Å². The molecule has 1 heterocycles. The molecule has 0 atom stereocenters. The molecule has 1 aromatic carbocycles. The fourth-order valence-electron chi connectivity index (χ4n) is 1.64. The van der Waals surface area contributed by atoms with E-state index in [0.717, 1.165) is 14.9 Å². The molecule has 100 valence electrons. The van der Waals surface area contributed by atoms with Gasteiger partial charge in [-0.25, -0.2) is 0 Å². The van der Waals surface area contributed by atoms with Crippen LogP contribution in [0.25, 0.3) is 0 Å². The van der Waals surface area contributed by atoms with Crippen molar-refractivity contribution in [2.45, 2.75) is 18.4 Å². The number of benzene rings is 1. The van der Waals surface area contributed by atoms with Crippen molar-refractivity contribution < 1.29 is 4.79 Å². The van der Waals surface area contributed by atoms with Gasteiger partial charge in [0.15, 0.2) is 0 Å². The fourth-order valence-corrected chi connectivity index (χ4v) is 2.95. The molecule has 0 aliphatic heterocycles. The maximum Gasteiger partial charge on any atom is 0.230 e. The van der Waals surface area contributed by atoms with E-state index < -0.39 is 0 Å². The van der Waals surface area contributed by atoms with Crippen LogP contribution in [0.4, 0.5) is 0 Å². The first-order valence-corrected chi connectivity index (χ1v) is 7.70. The molecule has 1 aromatic heterocycles. The van der Waals surface area contributed by atoms with Crippen LogP contribution in [0.5, 0.6) is 0 Å². The standard InChI is InChI=1S/C14H15BrN2OS/c1-10-6-12(15)2-3-13(10)19-9-14(18)17-8-11-4-5-16-7-11/h2-7,16H,8-9H2,1H3,(H,17,18). The van der Waals surface area contributed by atoms with E-state index in [2.05, 4.69) is 32.3 Å². The molecule has 0 aliphatic rings. The van der Waals surface area contributed by atoms with E-state index in [1.165, 1.54) is 5.56 Å². The third kappa shape index (κ3) is 4.44. The lowest BCUT2D eigenvalue weighted by Gasteiger charge is -2.06. The van der Waals surface area contributed by atoms with Crippen molar-refractivity contribution >= 4 is 33.6 Å². The number of amides is 1. The summed E-state index contributed by atoms with van der Waals surface area (Å²) in [7, 11) is 0. The highest BCUT2D eigenvalue weighted by molar-refractivity contribution is 9.10. The molecule has 5 heteroatoms. The number of thioether (sulfide) groups is 1. The number of rotatable bonds is 5. The number of halogens is 1. The van der Waals surface area contributed by atoms with Gasteiger partial charge in [0, 0.05) is 28.3 Å². The predicted octanol–water partition coefficient (Wildman–Crippen LogP) is 3.49. The Bertz CT molecular complexity index is 555. The van der Waals surface area contributed by atoms with Crippen molar-refractivity contribution in [3.05, 3.63) is 52.3 Å². The third-order valence-electron chi connectivity index (χ3n) is 2.65. The molecule has 0 fully saturated rings. The van der Waals surface area contributed by atoms with Gasteiger partial charge in [0.1, 0.15) is 0 Å². The van der Waals surface area contributed by atoms with E-state index in [1.54, 1.807) is 11.8 Å². The smallest absolute Gasteiger partial charge is 0.230 e. The average molecular weight is 339 g/mol. The molecule has 0 saturated carbocycles. The number of H-pyrrole nitrogens is 1. The molecule has 2 N–H and O–H groups in total. The van der Waals surface area contributed by atoms with E-state index >= 15 is 0 Å². The van der Waals surface area contributed by atoms with E-state index in [-0.39, 0.29) is 5.91 Å². The molecule has 0 saturated heterocycles. The van der Waals surface area contributed by atoms with Crippen LogP contribution in [0.1, 0.15) is 11.1 Å². The Balaban J connectivity index is 1.80. The van der Waals surface area contributed by atoms with Crippen LogP contribution in [-0.4, -0.2) is 16.6 Å². The second kappa shape index (κ2) is 6.82. The lowest BCUT2D eigenvalue weighted by atomic mass is 10.2. The average Bonchev–Trinajstić information content (AvgIpc) is 2.88. The number of aryl methyl sites for hydroxylation is 1. The quantitative estimate of drug-likeness (QED) is 0.819. The molecule has 19 heavy (non-hydrogen) atoms. The molecule has 0 radical (unpaired) electrons. The van der Waals surface area contributed by atoms with Crippen molar-refractivity contribution in [3.8, 4) is 0 Å². The van der Waals surface area contributed by atoms with Gasteiger partial charge < -0.3 is 10.3 Å². The molecule has 0 aliphatic carbocycles. The number of aromatic amines is 1. The highest BCUT2D eigenvalue weighted by Crippen LogP contribution is 2.25. The van der Waals surface area contributed by atoms with Gasteiger partial charge in [0.2, 0.25) is 5.91 Å². The Hall–Kier alpha value is -1.20. The molecule has 0 bridgehead atoms. The number of carbonyl (C=O) groups excluding carboxylic acids is 1. The van der Waals surface area contributed by atoms with Gasteiger partial charge in [-0.15, -0.1) is 11.8 Å². The summed E-state index contributed by atoms with van der Waals surface area (Å²) in [5, 5.41) is 2.90. The molecule has 2 rings (SSSR count). The van der Waals surface area contributed by atoms with Crippen molar-refractivity contribution in [1.82, 2.24) is 10.3 Å². The lowest BCUT2D eigenvalue weighted by Crippen LogP contribution is -2.24. The van der Waals surface area contributed by atoms with Crippen LogP contribution in [0.2, 0.25) is 0 Å². The molecule has 3 nitrogen and oxygen atoms in total. The zero-order valence-electron chi connectivity index (χ0n) is 10.6. The van der Waals surface area contributed by atoms with Crippen LogP contribution < -0.4 is 5.32 Å². The zero-order chi connectivity index (χ0) is 13.7. The molecule has 0 spiro atoms. The van der Waals surface area contributed by atoms with Crippen LogP contribution in [-0.2, 0) is 11.3 Å². The topological polar surface area (TPSA) is 44.9 Å².